The van der Waals surface area contributed by atoms with Crippen LogP contribution in [0.25, 0.3) is 0 Å². The molecule has 1 atom stereocenters. The third-order valence-corrected chi connectivity index (χ3v) is 2.45. The third kappa shape index (κ3) is 4.32. The molecule has 0 fully saturated rings. The zero-order valence-corrected chi connectivity index (χ0v) is 9.31. The lowest BCUT2D eigenvalue weighted by molar-refractivity contribution is -0.136. The number of aryl methyl sites for hydroxylation is 1. The molecule has 17 heavy (non-hydrogen) atoms. The molecule has 96 valence electrons. The minimum atomic E-state index is -4.27. The van der Waals surface area contributed by atoms with E-state index in [0.29, 0.717) is 5.56 Å². The molecule has 1 unspecified atom stereocenters. The van der Waals surface area contributed by atoms with Crippen molar-refractivity contribution < 1.29 is 17.6 Å². The monoisotopic (exact) mass is 250 g/mol. The summed E-state index contributed by atoms with van der Waals surface area (Å²) in [5.41, 5.74) is 3.07. The van der Waals surface area contributed by atoms with Crippen LogP contribution in [0.1, 0.15) is 30.0 Å². The standard InChI is InChI=1S/C11H14F4N2/c1-7-2-3-8(9(12)6-7)10(17-16)4-5-11(13,14)15/h2-3,6,10,17H,4-5,16H2,1H3. The molecule has 0 saturated heterocycles. The highest BCUT2D eigenvalue weighted by Crippen LogP contribution is 2.28. The number of hydrogen-bond acceptors (Lipinski definition) is 2. The molecule has 0 aliphatic heterocycles. The van der Waals surface area contributed by atoms with Crippen molar-refractivity contribution in [2.24, 2.45) is 5.84 Å². The van der Waals surface area contributed by atoms with Gasteiger partial charge in [-0.05, 0) is 25.0 Å². The molecule has 2 nitrogen and oxygen atoms in total. The molecule has 0 radical (unpaired) electrons. The van der Waals surface area contributed by atoms with Crippen LogP contribution >= 0.6 is 0 Å². The average molecular weight is 250 g/mol. The first-order valence-corrected chi connectivity index (χ1v) is 5.12. The molecule has 1 aromatic carbocycles. The van der Waals surface area contributed by atoms with Crippen LogP contribution in [0.5, 0.6) is 0 Å². The molecule has 0 heterocycles. The Morgan fingerprint density at radius 3 is 2.47 bits per heavy atom. The maximum absolute atomic E-state index is 13.5. The predicted molar refractivity (Wildman–Crippen MR) is 56.5 cm³/mol. The van der Waals surface area contributed by atoms with Gasteiger partial charge in [0.05, 0.1) is 0 Å². The van der Waals surface area contributed by atoms with Crippen molar-refractivity contribution in [2.45, 2.75) is 32.0 Å². The molecule has 3 N–H and O–H groups in total. The van der Waals surface area contributed by atoms with Gasteiger partial charge in [0, 0.05) is 18.0 Å². The van der Waals surface area contributed by atoms with Crippen molar-refractivity contribution in [1.29, 1.82) is 0 Å². The Kier molecular flexibility index (Phi) is 4.47. The zero-order chi connectivity index (χ0) is 13.1. The van der Waals surface area contributed by atoms with E-state index in [0.717, 1.165) is 0 Å². The van der Waals surface area contributed by atoms with Crippen LogP contribution < -0.4 is 11.3 Å². The van der Waals surface area contributed by atoms with Crippen molar-refractivity contribution in [3.63, 3.8) is 0 Å². The fourth-order valence-corrected chi connectivity index (χ4v) is 1.55. The first-order valence-electron chi connectivity index (χ1n) is 5.12. The van der Waals surface area contributed by atoms with E-state index in [4.69, 9.17) is 5.84 Å². The molecule has 0 aliphatic rings. The lowest BCUT2D eigenvalue weighted by Crippen LogP contribution is -2.29. The summed E-state index contributed by atoms with van der Waals surface area (Å²) in [6, 6.07) is 3.52. The summed E-state index contributed by atoms with van der Waals surface area (Å²) >= 11 is 0. The summed E-state index contributed by atoms with van der Waals surface area (Å²) < 4.78 is 49.7. The van der Waals surface area contributed by atoms with E-state index >= 15 is 0 Å². The van der Waals surface area contributed by atoms with Gasteiger partial charge in [-0.15, -0.1) is 0 Å². The molecule has 0 aromatic heterocycles. The molecular formula is C11H14F4N2. The number of benzene rings is 1. The van der Waals surface area contributed by atoms with Gasteiger partial charge in [0.25, 0.3) is 0 Å². The topological polar surface area (TPSA) is 38.0 Å². The SMILES string of the molecule is Cc1ccc(C(CCC(F)(F)F)NN)c(F)c1. The van der Waals surface area contributed by atoms with Crippen LogP contribution in [-0.2, 0) is 0 Å². The van der Waals surface area contributed by atoms with Gasteiger partial charge in [-0.1, -0.05) is 12.1 Å². The maximum atomic E-state index is 13.5. The van der Waals surface area contributed by atoms with Crippen molar-refractivity contribution in [1.82, 2.24) is 5.43 Å². The van der Waals surface area contributed by atoms with Gasteiger partial charge in [0.2, 0.25) is 0 Å². The second kappa shape index (κ2) is 5.46. The van der Waals surface area contributed by atoms with Gasteiger partial charge in [-0.3, -0.25) is 11.3 Å². The smallest absolute Gasteiger partial charge is 0.271 e. The Bertz CT molecular complexity index is 376. The summed E-state index contributed by atoms with van der Waals surface area (Å²) in [7, 11) is 0. The summed E-state index contributed by atoms with van der Waals surface area (Å²) in [5, 5.41) is 0. The van der Waals surface area contributed by atoms with Crippen molar-refractivity contribution in [3.8, 4) is 0 Å². The molecule has 6 heteroatoms. The summed E-state index contributed by atoms with van der Waals surface area (Å²) in [5.74, 6) is 4.61. The molecule has 0 spiro atoms. The largest absolute Gasteiger partial charge is 0.389 e. The Morgan fingerprint density at radius 1 is 1.35 bits per heavy atom. The molecule has 1 aromatic rings. The normalized spacial score (nSPS) is 13.8. The number of halogens is 4. The summed E-state index contributed by atoms with van der Waals surface area (Å²) in [6.07, 6.45) is -5.56. The van der Waals surface area contributed by atoms with Crippen LogP contribution in [0.2, 0.25) is 0 Å². The maximum Gasteiger partial charge on any atom is 0.389 e. The second-order valence-electron chi connectivity index (χ2n) is 3.90. The van der Waals surface area contributed by atoms with E-state index in [2.05, 4.69) is 5.43 Å². The number of hydrogen-bond donors (Lipinski definition) is 2. The lowest BCUT2D eigenvalue weighted by Gasteiger charge is -2.18. The van der Waals surface area contributed by atoms with E-state index in [-0.39, 0.29) is 12.0 Å². The quantitative estimate of drug-likeness (QED) is 0.490. The average Bonchev–Trinajstić information content (AvgIpc) is 2.19. The summed E-state index contributed by atoms with van der Waals surface area (Å²) in [4.78, 5) is 0. The minimum Gasteiger partial charge on any atom is -0.271 e. The number of nitrogens with one attached hydrogen (secondary N) is 1. The number of alkyl halides is 3. The number of nitrogens with two attached hydrogens (primary N) is 1. The molecular weight excluding hydrogens is 236 g/mol. The van der Waals surface area contributed by atoms with E-state index in [1.165, 1.54) is 12.1 Å². The Hall–Kier alpha value is -1.14. The fourth-order valence-electron chi connectivity index (χ4n) is 1.55. The van der Waals surface area contributed by atoms with Crippen molar-refractivity contribution in [3.05, 3.63) is 35.1 Å². The second-order valence-corrected chi connectivity index (χ2v) is 3.90. The van der Waals surface area contributed by atoms with E-state index < -0.39 is 24.5 Å². The van der Waals surface area contributed by atoms with E-state index in [1.54, 1.807) is 13.0 Å². The van der Waals surface area contributed by atoms with E-state index in [9.17, 15) is 17.6 Å². The van der Waals surface area contributed by atoms with Gasteiger partial charge in [0.15, 0.2) is 0 Å². The minimum absolute atomic E-state index is 0.155. The van der Waals surface area contributed by atoms with Gasteiger partial charge in [0.1, 0.15) is 5.82 Å². The first-order chi connectivity index (χ1) is 7.83. The predicted octanol–water partition coefficient (Wildman–Crippen LogP) is 2.98. The van der Waals surface area contributed by atoms with Crippen LogP contribution in [0, 0.1) is 12.7 Å². The molecule has 1 rings (SSSR count). The van der Waals surface area contributed by atoms with Gasteiger partial charge < -0.3 is 0 Å². The fraction of sp³-hybridized carbons (Fsp3) is 0.455. The Morgan fingerprint density at radius 2 is 2.00 bits per heavy atom. The van der Waals surface area contributed by atoms with Crippen molar-refractivity contribution >= 4 is 0 Å². The van der Waals surface area contributed by atoms with Crippen LogP contribution in [0.15, 0.2) is 18.2 Å². The van der Waals surface area contributed by atoms with E-state index in [1.807, 2.05) is 0 Å². The highest BCUT2D eigenvalue weighted by molar-refractivity contribution is 5.26. The van der Waals surface area contributed by atoms with Gasteiger partial charge >= 0.3 is 6.18 Å². The zero-order valence-electron chi connectivity index (χ0n) is 9.31. The first kappa shape index (κ1) is 13.9. The summed E-state index contributed by atoms with van der Waals surface area (Å²) in [6.45, 7) is 1.70. The number of hydrazine groups is 1. The number of rotatable bonds is 4. The molecule has 0 amide bonds. The lowest BCUT2D eigenvalue weighted by atomic mass is 10.0. The highest BCUT2D eigenvalue weighted by atomic mass is 19.4. The van der Waals surface area contributed by atoms with Crippen LogP contribution in [0.3, 0.4) is 0 Å². The van der Waals surface area contributed by atoms with Crippen molar-refractivity contribution in [2.75, 3.05) is 0 Å². The van der Waals surface area contributed by atoms with Crippen LogP contribution in [0.4, 0.5) is 17.6 Å². The molecule has 0 aliphatic carbocycles. The molecule has 0 saturated carbocycles. The Labute approximate surface area is 96.8 Å². The van der Waals surface area contributed by atoms with Crippen LogP contribution in [-0.4, -0.2) is 6.18 Å². The molecule has 0 bridgehead atoms. The van der Waals surface area contributed by atoms with Gasteiger partial charge in [-0.2, -0.15) is 13.2 Å². The Balaban J connectivity index is 2.79. The highest BCUT2D eigenvalue weighted by Gasteiger charge is 2.29. The van der Waals surface area contributed by atoms with Gasteiger partial charge in [-0.25, -0.2) is 4.39 Å². The third-order valence-electron chi connectivity index (χ3n) is 2.45.